The minimum atomic E-state index is -0.502. The minimum absolute atomic E-state index is 0.235. The topological polar surface area (TPSA) is 41.9 Å². The smallest absolute Gasteiger partial charge is 0.275 e. The van der Waals surface area contributed by atoms with Gasteiger partial charge in [-0.1, -0.05) is 53.7 Å². The largest absolute Gasteiger partial charge is 0.496 e. The number of halogens is 2. The predicted molar refractivity (Wildman–Crippen MR) is 119 cm³/mol. The van der Waals surface area contributed by atoms with Crippen LogP contribution in [0.15, 0.2) is 71.8 Å². The third-order valence-electron chi connectivity index (χ3n) is 4.78. The van der Waals surface area contributed by atoms with Gasteiger partial charge in [0.25, 0.3) is 5.91 Å². The highest BCUT2D eigenvalue weighted by molar-refractivity contribution is 8.14. The van der Waals surface area contributed by atoms with E-state index in [1.54, 1.807) is 24.3 Å². The Kier molecular flexibility index (Phi) is 5.79. The Bertz CT molecular complexity index is 1130. The molecule has 152 valence electrons. The fourth-order valence-electron chi connectivity index (χ4n) is 3.22. The van der Waals surface area contributed by atoms with E-state index in [9.17, 15) is 9.18 Å². The van der Waals surface area contributed by atoms with Crippen LogP contribution in [-0.4, -0.2) is 23.1 Å². The van der Waals surface area contributed by atoms with Gasteiger partial charge in [-0.2, -0.15) is 5.10 Å². The van der Waals surface area contributed by atoms with Crippen molar-refractivity contribution in [2.75, 3.05) is 7.11 Å². The van der Waals surface area contributed by atoms with Crippen molar-refractivity contribution in [3.63, 3.8) is 0 Å². The van der Waals surface area contributed by atoms with Gasteiger partial charge in [0.2, 0.25) is 0 Å². The van der Waals surface area contributed by atoms with Gasteiger partial charge in [0.15, 0.2) is 0 Å². The molecule has 1 unspecified atom stereocenters. The van der Waals surface area contributed by atoms with E-state index >= 15 is 0 Å². The lowest BCUT2D eigenvalue weighted by molar-refractivity contribution is 0.0747. The summed E-state index contributed by atoms with van der Waals surface area (Å²) in [5.41, 5.74) is 2.92. The van der Waals surface area contributed by atoms with E-state index in [4.69, 9.17) is 16.3 Å². The van der Waals surface area contributed by atoms with Crippen molar-refractivity contribution in [3.05, 3.63) is 99.8 Å². The number of hydrazone groups is 1. The van der Waals surface area contributed by atoms with Crippen LogP contribution in [0, 0.1) is 12.7 Å². The van der Waals surface area contributed by atoms with E-state index < -0.39 is 11.2 Å². The maximum atomic E-state index is 13.8. The van der Waals surface area contributed by atoms with Crippen LogP contribution in [0.25, 0.3) is 0 Å². The van der Waals surface area contributed by atoms with Crippen LogP contribution in [0.3, 0.4) is 0 Å². The lowest BCUT2D eigenvalue weighted by Gasteiger charge is -2.23. The molecule has 30 heavy (non-hydrogen) atoms. The number of rotatable bonds is 4. The molecule has 4 nitrogen and oxygen atoms in total. The Hall–Kier alpha value is -2.83. The van der Waals surface area contributed by atoms with E-state index in [1.807, 2.05) is 37.3 Å². The maximum absolute atomic E-state index is 13.8. The number of carbonyl (C=O) groups is 1. The molecule has 0 aliphatic carbocycles. The lowest BCUT2D eigenvalue weighted by Crippen LogP contribution is -2.27. The first-order chi connectivity index (χ1) is 14.5. The van der Waals surface area contributed by atoms with Crippen molar-refractivity contribution in [2.45, 2.75) is 12.3 Å². The molecule has 4 rings (SSSR count). The van der Waals surface area contributed by atoms with Crippen molar-refractivity contribution in [1.29, 1.82) is 0 Å². The molecule has 0 bridgehead atoms. The van der Waals surface area contributed by atoms with Crippen molar-refractivity contribution >= 4 is 34.3 Å². The monoisotopic (exact) mass is 440 g/mol. The van der Waals surface area contributed by atoms with E-state index in [0.29, 0.717) is 26.9 Å². The van der Waals surface area contributed by atoms with Crippen molar-refractivity contribution < 1.29 is 13.9 Å². The summed E-state index contributed by atoms with van der Waals surface area (Å²) < 4.78 is 19.2. The minimum Gasteiger partial charge on any atom is -0.496 e. The molecule has 0 aromatic heterocycles. The van der Waals surface area contributed by atoms with Gasteiger partial charge < -0.3 is 4.74 Å². The number of hydrogen-bond donors (Lipinski definition) is 0. The summed E-state index contributed by atoms with van der Waals surface area (Å²) in [5, 5.41) is 6.86. The molecule has 1 amide bonds. The van der Waals surface area contributed by atoms with E-state index in [-0.39, 0.29) is 5.91 Å². The van der Waals surface area contributed by atoms with Gasteiger partial charge in [-0.3, -0.25) is 4.79 Å². The average Bonchev–Trinajstić information content (AvgIpc) is 3.19. The second kappa shape index (κ2) is 8.50. The molecule has 0 radical (unpaired) electrons. The number of ether oxygens (including phenoxy) is 1. The molecule has 0 saturated carbocycles. The molecule has 1 heterocycles. The normalized spacial score (nSPS) is 15.8. The SMILES string of the molecule is COc1cc(F)ccc1C1SC(c2ccc(Cl)cc2)=NN1C(=O)c1ccccc1C. The summed E-state index contributed by atoms with van der Waals surface area (Å²) in [6.45, 7) is 1.88. The molecule has 1 aliphatic rings. The molecular weight excluding hydrogens is 423 g/mol. The highest BCUT2D eigenvalue weighted by Gasteiger charge is 2.36. The van der Waals surface area contributed by atoms with Crippen LogP contribution in [0.4, 0.5) is 4.39 Å². The summed E-state index contributed by atoms with van der Waals surface area (Å²) >= 11 is 7.42. The Labute approximate surface area is 183 Å². The van der Waals surface area contributed by atoms with Gasteiger partial charge in [0.05, 0.1) is 7.11 Å². The highest BCUT2D eigenvalue weighted by Crippen LogP contribution is 2.45. The van der Waals surface area contributed by atoms with Gasteiger partial charge >= 0.3 is 0 Å². The van der Waals surface area contributed by atoms with Gasteiger partial charge in [-0.15, -0.1) is 0 Å². The second-order valence-corrected chi connectivity index (χ2v) is 8.24. The molecule has 1 aliphatic heterocycles. The fraction of sp³-hybridized carbons (Fsp3) is 0.130. The fourth-order valence-corrected chi connectivity index (χ4v) is 4.53. The summed E-state index contributed by atoms with van der Waals surface area (Å²) in [6.07, 6.45) is 0. The molecule has 0 fully saturated rings. The first-order valence-electron chi connectivity index (χ1n) is 9.22. The van der Waals surface area contributed by atoms with Gasteiger partial charge in [0.1, 0.15) is 22.0 Å². The lowest BCUT2D eigenvalue weighted by atomic mass is 10.1. The van der Waals surface area contributed by atoms with Gasteiger partial charge in [-0.25, -0.2) is 9.40 Å². The molecule has 1 atom stereocenters. The molecule has 0 N–H and O–H groups in total. The summed E-state index contributed by atoms with van der Waals surface area (Å²) in [6, 6.07) is 18.9. The Morgan fingerprint density at radius 2 is 1.87 bits per heavy atom. The number of aryl methyl sites for hydroxylation is 1. The standard InChI is InChI=1S/C23H18ClFN2O2S/c1-14-5-3-4-6-18(14)22(28)27-23(19-12-11-17(25)13-20(19)29-2)30-21(26-27)15-7-9-16(24)10-8-15/h3-13,23H,1-2H3. The van der Waals surface area contributed by atoms with Crippen LogP contribution >= 0.6 is 23.4 Å². The highest BCUT2D eigenvalue weighted by atomic mass is 35.5. The van der Waals surface area contributed by atoms with Crippen LogP contribution in [0.1, 0.15) is 32.4 Å². The third-order valence-corrected chi connectivity index (χ3v) is 6.25. The van der Waals surface area contributed by atoms with Crippen LogP contribution in [0.5, 0.6) is 5.75 Å². The molecule has 0 saturated heterocycles. The van der Waals surface area contributed by atoms with E-state index in [0.717, 1.165) is 11.1 Å². The summed E-state index contributed by atoms with van der Waals surface area (Å²) in [4.78, 5) is 13.4. The van der Waals surface area contributed by atoms with Gasteiger partial charge in [-0.05, 0) is 42.8 Å². The average molecular weight is 441 g/mol. The zero-order chi connectivity index (χ0) is 21.3. The number of carbonyl (C=O) groups excluding carboxylic acids is 1. The second-order valence-electron chi connectivity index (χ2n) is 6.73. The first kappa shape index (κ1) is 20.4. The maximum Gasteiger partial charge on any atom is 0.275 e. The Balaban J connectivity index is 1.79. The molecule has 7 heteroatoms. The quantitative estimate of drug-likeness (QED) is 0.496. The van der Waals surface area contributed by atoms with Gasteiger partial charge in [0, 0.05) is 27.8 Å². The van der Waals surface area contributed by atoms with Crippen molar-refractivity contribution in [2.24, 2.45) is 5.10 Å². The van der Waals surface area contributed by atoms with E-state index in [1.165, 1.54) is 36.0 Å². The Morgan fingerprint density at radius 1 is 1.13 bits per heavy atom. The van der Waals surface area contributed by atoms with Crippen LogP contribution in [0.2, 0.25) is 5.02 Å². The summed E-state index contributed by atoms with van der Waals surface area (Å²) in [5.74, 6) is -0.280. The zero-order valence-electron chi connectivity index (χ0n) is 16.3. The number of benzene rings is 3. The van der Waals surface area contributed by atoms with Crippen molar-refractivity contribution in [1.82, 2.24) is 5.01 Å². The molecule has 3 aromatic rings. The predicted octanol–water partition coefficient (Wildman–Crippen LogP) is 6.05. The summed E-state index contributed by atoms with van der Waals surface area (Å²) in [7, 11) is 1.48. The number of hydrogen-bond acceptors (Lipinski definition) is 4. The Morgan fingerprint density at radius 3 is 2.57 bits per heavy atom. The van der Waals surface area contributed by atoms with E-state index in [2.05, 4.69) is 5.10 Å². The number of nitrogens with zero attached hydrogens (tertiary/aromatic N) is 2. The third kappa shape index (κ3) is 3.93. The molecule has 0 spiro atoms. The zero-order valence-corrected chi connectivity index (χ0v) is 17.9. The van der Waals surface area contributed by atoms with Crippen molar-refractivity contribution in [3.8, 4) is 5.75 Å². The molecular formula is C23H18ClFN2O2S. The molecule has 3 aromatic carbocycles. The first-order valence-corrected chi connectivity index (χ1v) is 10.5. The number of methoxy groups -OCH3 is 1. The van der Waals surface area contributed by atoms with Crippen LogP contribution < -0.4 is 4.74 Å². The number of amides is 1. The van der Waals surface area contributed by atoms with Crippen LogP contribution in [-0.2, 0) is 0 Å². The number of thioether (sulfide) groups is 1.